The maximum atomic E-state index is 12.9. The largest absolute Gasteiger partial charge is 0.493 e. The summed E-state index contributed by atoms with van der Waals surface area (Å²) < 4.78 is 23.6. The highest BCUT2D eigenvalue weighted by molar-refractivity contribution is 7.80. The fourth-order valence-corrected chi connectivity index (χ4v) is 2.25. The molecule has 0 aliphatic heterocycles. The number of methoxy groups -OCH3 is 1. The molecule has 0 saturated carbocycles. The maximum absolute atomic E-state index is 12.9. The first-order valence-electron chi connectivity index (χ1n) is 8.24. The van der Waals surface area contributed by atoms with E-state index in [9.17, 15) is 9.18 Å². The van der Waals surface area contributed by atoms with Crippen molar-refractivity contribution in [2.75, 3.05) is 19.0 Å². The number of amides is 1. The van der Waals surface area contributed by atoms with E-state index in [0.29, 0.717) is 23.8 Å². The van der Waals surface area contributed by atoms with Gasteiger partial charge in [0.05, 0.1) is 7.11 Å². The van der Waals surface area contributed by atoms with E-state index in [2.05, 4.69) is 22.7 Å². The smallest absolute Gasteiger partial charge is 0.262 e. The summed E-state index contributed by atoms with van der Waals surface area (Å²) in [5.74, 6) is 0.379. The normalized spacial score (nSPS) is 10.2. The Morgan fingerprint density at radius 3 is 2.61 bits per heavy atom. The van der Waals surface area contributed by atoms with Crippen LogP contribution in [0.15, 0.2) is 61.2 Å². The number of ether oxygens (including phenoxy) is 2. The van der Waals surface area contributed by atoms with Crippen LogP contribution in [0, 0.1) is 5.82 Å². The van der Waals surface area contributed by atoms with Crippen molar-refractivity contribution in [2.24, 2.45) is 0 Å². The first kappa shape index (κ1) is 20.9. The molecule has 0 saturated heterocycles. The van der Waals surface area contributed by atoms with Crippen LogP contribution in [-0.4, -0.2) is 24.7 Å². The first-order valence-corrected chi connectivity index (χ1v) is 8.65. The fourth-order valence-electron chi connectivity index (χ4n) is 2.08. The Balaban J connectivity index is 1.86. The van der Waals surface area contributed by atoms with Gasteiger partial charge in [-0.05, 0) is 60.3 Å². The number of anilines is 1. The number of hydrazine groups is 1. The van der Waals surface area contributed by atoms with Crippen molar-refractivity contribution in [2.45, 2.75) is 0 Å². The summed E-state index contributed by atoms with van der Waals surface area (Å²) in [5.41, 5.74) is 6.34. The van der Waals surface area contributed by atoms with Crippen LogP contribution in [0.5, 0.6) is 11.5 Å². The van der Waals surface area contributed by atoms with Crippen LogP contribution >= 0.6 is 12.2 Å². The average molecular weight is 401 g/mol. The third-order valence-corrected chi connectivity index (χ3v) is 3.58. The Morgan fingerprint density at radius 1 is 1.18 bits per heavy atom. The minimum atomic E-state index is -0.408. The quantitative estimate of drug-likeness (QED) is 0.286. The number of halogens is 1. The van der Waals surface area contributed by atoms with Crippen LogP contribution in [0.1, 0.15) is 5.56 Å². The standard InChI is InChI=1S/C20H20FN3O3S/c1-3-12-27-17-10-4-14(13-18(17)26-2)5-11-19(25)23-24-20(28)22-16-8-6-15(21)7-9-16/h3-11,13H,1,12H2,2H3,(H,23,25)(H2,22,24,28)/b11-5+. The molecule has 0 unspecified atom stereocenters. The summed E-state index contributed by atoms with van der Waals surface area (Å²) in [5, 5.41) is 2.98. The molecule has 0 heterocycles. The van der Waals surface area contributed by atoms with Gasteiger partial charge in [-0.15, -0.1) is 0 Å². The molecule has 1 amide bonds. The van der Waals surface area contributed by atoms with Crippen LogP contribution in [0.4, 0.5) is 10.1 Å². The van der Waals surface area contributed by atoms with Crippen molar-refractivity contribution in [1.29, 1.82) is 0 Å². The van der Waals surface area contributed by atoms with Crippen molar-refractivity contribution in [3.05, 3.63) is 72.6 Å². The molecule has 0 spiro atoms. The van der Waals surface area contributed by atoms with Crippen LogP contribution in [-0.2, 0) is 4.79 Å². The lowest BCUT2D eigenvalue weighted by atomic mass is 10.2. The molecule has 0 aromatic heterocycles. The van der Waals surface area contributed by atoms with E-state index < -0.39 is 5.91 Å². The highest BCUT2D eigenvalue weighted by Crippen LogP contribution is 2.28. The molecule has 0 atom stereocenters. The molecule has 0 bridgehead atoms. The van der Waals surface area contributed by atoms with Crippen molar-refractivity contribution in [3.8, 4) is 11.5 Å². The molecule has 3 N–H and O–H groups in total. The van der Waals surface area contributed by atoms with Gasteiger partial charge in [0.15, 0.2) is 16.6 Å². The Labute approximate surface area is 168 Å². The number of benzene rings is 2. The van der Waals surface area contributed by atoms with E-state index in [0.717, 1.165) is 5.56 Å². The number of thiocarbonyl (C=S) groups is 1. The average Bonchev–Trinajstić information content (AvgIpc) is 2.71. The number of nitrogens with one attached hydrogen (secondary N) is 3. The van der Waals surface area contributed by atoms with Crippen LogP contribution in [0.3, 0.4) is 0 Å². The second-order valence-corrected chi connectivity index (χ2v) is 5.83. The van der Waals surface area contributed by atoms with E-state index in [1.807, 2.05) is 0 Å². The molecule has 6 nitrogen and oxygen atoms in total. The highest BCUT2D eigenvalue weighted by atomic mass is 32.1. The predicted molar refractivity (Wildman–Crippen MR) is 112 cm³/mol. The number of carbonyl (C=O) groups is 1. The molecule has 2 aromatic rings. The lowest BCUT2D eigenvalue weighted by Gasteiger charge is -2.11. The third kappa shape index (κ3) is 6.73. The third-order valence-electron chi connectivity index (χ3n) is 3.37. The summed E-state index contributed by atoms with van der Waals surface area (Å²) in [6, 6.07) is 10.9. The monoisotopic (exact) mass is 401 g/mol. The molecule has 2 rings (SSSR count). The van der Waals surface area contributed by atoms with Crippen molar-refractivity contribution in [3.63, 3.8) is 0 Å². The Bertz CT molecular complexity index is 869. The zero-order valence-corrected chi connectivity index (χ0v) is 16.0. The van der Waals surface area contributed by atoms with Crippen LogP contribution in [0.25, 0.3) is 6.08 Å². The van der Waals surface area contributed by atoms with Gasteiger partial charge in [-0.25, -0.2) is 4.39 Å². The number of carbonyl (C=O) groups excluding carboxylic acids is 1. The minimum absolute atomic E-state index is 0.166. The summed E-state index contributed by atoms with van der Waals surface area (Å²) in [6.45, 7) is 3.96. The van der Waals surface area contributed by atoms with Gasteiger partial charge in [-0.1, -0.05) is 18.7 Å². The molecule has 2 aromatic carbocycles. The summed E-state index contributed by atoms with van der Waals surface area (Å²) in [6.07, 6.45) is 4.60. The van der Waals surface area contributed by atoms with Crippen molar-refractivity contribution in [1.82, 2.24) is 10.9 Å². The summed E-state index contributed by atoms with van der Waals surface area (Å²) >= 11 is 5.05. The fraction of sp³-hybridized carbons (Fsp3) is 0.100. The summed E-state index contributed by atoms with van der Waals surface area (Å²) in [4.78, 5) is 11.9. The van der Waals surface area contributed by atoms with Gasteiger partial charge in [-0.3, -0.25) is 15.6 Å². The van der Waals surface area contributed by atoms with E-state index in [-0.39, 0.29) is 10.9 Å². The molecule has 28 heavy (non-hydrogen) atoms. The molecule has 0 aliphatic rings. The Morgan fingerprint density at radius 2 is 1.93 bits per heavy atom. The molecule has 0 aliphatic carbocycles. The van der Waals surface area contributed by atoms with Gasteiger partial charge in [-0.2, -0.15) is 0 Å². The molecule has 0 fully saturated rings. The zero-order valence-electron chi connectivity index (χ0n) is 15.2. The number of hydrogen-bond acceptors (Lipinski definition) is 4. The second kappa shape index (κ2) is 10.7. The second-order valence-electron chi connectivity index (χ2n) is 5.42. The minimum Gasteiger partial charge on any atom is -0.493 e. The zero-order chi connectivity index (χ0) is 20.4. The Kier molecular flexibility index (Phi) is 7.98. The lowest BCUT2D eigenvalue weighted by Crippen LogP contribution is -2.43. The van der Waals surface area contributed by atoms with E-state index in [1.165, 1.54) is 37.5 Å². The van der Waals surface area contributed by atoms with Gasteiger partial charge >= 0.3 is 0 Å². The van der Waals surface area contributed by atoms with Crippen molar-refractivity contribution < 1.29 is 18.7 Å². The maximum Gasteiger partial charge on any atom is 0.262 e. The van der Waals surface area contributed by atoms with E-state index in [4.69, 9.17) is 21.7 Å². The topological polar surface area (TPSA) is 71.6 Å². The Hall–Kier alpha value is -3.39. The molecular formula is C20H20FN3O3S. The highest BCUT2D eigenvalue weighted by Gasteiger charge is 2.05. The SMILES string of the molecule is C=CCOc1ccc(/C=C/C(=O)NNC(=S)Nc2ccc(F)cc2)cc1OC. The molecule has 146 valence electrons. The van der Waals surface area contributed by atoms with Gasteiger partial charge in [0.25, 0.3) is 5.91 Å². The first-order chi connectivity index (χ1) is 13.5. The van der Waals surface area contributed by atoms with Crippen molar-refractivity contribution >= 4 is 35.0 Å². The number of rotatable bonds is 7. The van der Waals surface area contributed by atoms with Gasteiger partial charge in [0.2, 0.25) is 0 Å². The summed E-state index contributed by atoms with van der Waals surface area (Å²) in [7, 11) is 1.54. The molecular weight excluding hydrogens is 381 g/mol. The predicted octanol–water partition coefficient (Wildman–Crippen LogP) is 3.43. The molecule has 8 heteroatoms. The van der Waals surface area contributed by atoms with Gasteiger partial charge in [0.1, 0.15) is 12.4 Å². The van der Waals surface area contributed by atoms with E-state index >= 15 is 0 Å². The van der Waals surface area contributed by atoms with Crippen LogP contribution in [0.2, 0.25) is 0 Å². The van der Waals surface area contributed by atoms with E-state index in [1.54, 1.807) is 30.4 Å². The molecule has 0 radical (unpaired) electrons. The van der Waals surface area contributed by atoms with Gasteiger partial charge in [0, 0.05) is 11.8 Å². The van der Waals surface area contributed by atoms with Crippen LogP contribution < -0.4 is 25.6 Å². The van der Waals surface area contributed by atoms with Gasteiger partial charge < -0.3 is 14.8 Å². The number of hydrogen-bond donors (Lipinski definition) is 3. The lowest BCUT2D eigenvalue weighted by molar-refractivity contribution is -0.116.